The number of amides is 1. The number of aliphatic hydroxyl groups is 1. The lowest BCUT2D eigenvalue weighted by molar-refractivity contribution is -0.132. The third-order valence-electron chi connectivity index (χ3n) is 5.68. The number of hydrogen-bond acceptors (Lipinski definition) is 4. The van der Waals surface area contributed by atoms with Gasteiger partial charge in [0.2, 0.25) is 0 Å². The van der Waals surface area contributed by atoms with Crippen molar-refractivity contribution in [2.24, 2.45) is 0 Å². The Morgan fingerprint density at radius 3 is 2.24 bits per heavy atom. The van der Waals surface area contributed by atoms with Gasteiger partial charge in [-0.05, 0) is 67.8 Å². The molecule has 5 nitrogen and oxygen atoms in total. The van der Waals surface area contributed by atoms with E-state index in [1.165, 1.54) is 4.90 Å². The summed E-state index contributed by atoms with van der Waals surface area (Å²) in [6, 6.07) is 21.3. The number of ether oxygens (including phenoxy) is 1. The number of rotatable bonds is 6. The molecule has 1 atom stereocenters. The van der Waals surface area contributed by atoms with Crippen molar-refractivity contribution in [3.63, 3.8) is 0 Å². The lowest BCUT2D eigenvalue weighted by Crippen LogP contribution is -2.29. The molecule has 0 bridgehead atoms. The number of Topliss-reactive ketones (excluding diaryl/α,β-unsaturated/α-hetero) is 1. The Hall–Kier alpha value is -3.86. The maximum Gasteiger partial charge on any atom is 0.300 e. The third kappa shape index (κ3) is 4.40. The van der Waals surface area contributed by atoms with Gasteiger partial charge >= 0.3 is 0 Å². The first kappa shape index (κ1) is 22.3. The number of anilines is 1. The smallest absolute Gasteiger partial charge is 0.300 e. The van der Waals surface area contributed by atoms with E-state index in [4.69, 9.17) is 4.74 Å². The van der Waals surface area contributed by atoms with E-state index in [-0.39, 0.29) is 11.3 Å². The van der Waals surface area contributed by atoms with E-state index in [0.29, 0.717) is 23.6 Å². The molecule has 3 aromatic carbocycles. The molecular weight excluding hydrogens is 414 g/mol. The molecule has 168 valence electrons. The third-order valence-corrected chi connectivity index (χ3v) is 5.68. The summed E-state index contributed by atoms with van der Waals surface area (Å²) in [7, 11) is 0. The molecule has 1 fully saturated rings. The van der Waals surface area contributed by atoms with Crippen LogP contribution in [0.3, 0.4) is 0 Å². The van der Waals surface area contributed by atoms with Crippen LogP contribution in [0.1, 0.15) is 41.6 Å². The largest absolute Gasteiger partial charge is 0.507 e. The second-order valence-corrected chi connectivity index (χ2v) is 8.30. The average Bonchev–Trinajstić information content (AvgIpc) is 3.08. The van der Waals surface area contributed by atoms with Crippen molar-refractivity contribution in [2.75, 3.05) is 11.5 Å². The SMILES string of the molecule is CCCOc1ccc(/C(O)=C2\C(=O)C(=O)N(c3cccc(C)c3)C2c2cccc(C)c2)cc1. The van der Waals surface area contributed by atoms with Gasteiger partial charge in [-0.3, -0.25) is 14.5 Å². The summed E-state index contributed by atoms with van der Waals surface area (Å²) in [5.74, 6) is -0.871. The van der Waals surface area contributed by atoms with Gasteiger partial charge in [0.1, 0.15) is 11.5 Å². The minimum Gasteiger partial charge on any atom is -0.507 e. The van der Waals surface area contributed by atoms with Crippen LogP contribution in [0.2, 0.25) is 0 Å². The summed E-state index contributed by atoms with van der Waals surface area (Å²) in [5, 5.41) is 11.2. The molecule has 0 radical (unpaired) electrons. The van der Waals surface area contributed by atoms with E-state index >= 15 is 0 Å². The molecule has 0 saturated carbocycles. The summed E-state index contributed by atoms with van der Waals surface area (Å²) in [6.07, 6.45) is 0.890. The molecular formula is C28H27NO4. The van der Waals surface area contributed by atoms with E-state index in [2.05, 4.69) is 0 Å². The number of benzene rings is 3. The van der Waals surface area contributed by atoms with E-state index in [1.54, 1.807) is 30.3 Å². The summed E-state index contributed by atoms with van der Waals surface area (Å²) < 4.78 is 5.62. The van der Waals surface area contributed by atoms with Gasteiger partial charge in [0, 0.05) is 11.3 Å². The topological polar surface area (TPSA) is 66.8 Å². The maximum absolute atomic E-state index is 13.2. The van der Waals surface area contributed by atoms with Crippen molar-refractivity contribution in [3.8, 4) is 5.75 Å². The van der Waals surface area contributed by atoms with Crippen LogP contribution in [0.5, 0.6) is 5.75 Å². The zero-order valence-corrected chi connectivity index (χ0v) is 19.0. The lowest BCUT2D eigenvalue weighted by atomic mass is 9.94. The Bertz CT molecular complexity index is 1230. The molecule has 1 amide bonds. The highest BCUT2D eigenvalue weighted by atomic mass is 16.5. The van der Waals surface area contributed by atoms with Crippen molar-refractivity contribution < 1.29 is 19.4 Å². The van der Waals surface area contributed by atoms with Crippen LogP contribution in [0.4, 0.5) is 5.69 Å². The van der Waals surface area contributed by atoms with Gasteiger partial charge in [-0.1, -0.05) is 48.9 Å². The minimum atomic E-state index is -0.734. The quantitative estimate of drug-likeness (QED) is 0.302. The van der Waals surface area contributed by atoms with Gasteiger partial charge < -0.3 is 9.84 Å². The first-order valence-electron chi connectivity index (χ1n) is 11.1. The molecule has 1 saturated heterocycles. The number of carbonyl (C=O) groups excluding carboxylic acids is 2. The van der Waals surface area contributed by atoms with Gasteiger partial charge in [0.15, 0.2) is 0 Å². The van der Waals surface area contributed by atoms with Crippen LogP contribution in [-0.4, -0.2) is 23.4 Å². The Morgan fingerprint density at radius 1 is 0.939 bits per heavy atom. The summed E-state index contributed by atoms with van der Waals surface area (Å²) in [6.45, 7) is 6.51. The lowest BCUT2D eigenvalue weighted by Gasteiger charge is -2.26. The number of carbonyl (C=O) groups is 2. The zero-order chi connectivity index (χ0) is 23.5. The van der Waals surface area contributed by atoms with Crippen molar-refractivity contribution in [1.82, 2.24) is 0 Å². The van der Waals surface area contributed by atoms with Gasteiger partial charge in [-0.2, -0.15) is 0 Å². The Kier molecular flexibility index (Phi) is 6.31. The second-order valence-electron chi connectivity index (χ2n) is 8.30. The first-order chi connectivity index (χ1) is 15.9. The molecule has 4 rings (SSSR count). The fourth-order valence-corrected chi connectivity index (χ4v) is 4.12. The van der Waals surface area contributed by atoms with Crippen molar-refractivity contribution in [2.45, 2.75) is 33.2 Å². The number of aryl methyl sites for hydroxylation is 2. The molecule has 1 aliphatic heterocycles. The monoisotopic (exact) mass is 441 g/mol. The van der Waals surface area contributed by atoms with E-state index in [0.717, 1.165) is 23.1 Å². The van der Waals surface area contributed by atoms with Gasteiger partial charge in [-0.25, -0.2) is 0 Å². The van der Waals surface area contributed by atoms with Crippen molar-refractivity contribution in [3.05, 3.63) is 101 Å². The minimum absolute atomic E-state index is 0.0781. The van der Waals surface area contributed by atoms with Crippen LogP contribution in [0.25, 0.3) is 5.76 Å². The molecule has 3 aromatic rings. The Labute approximate surface area is 193 Å². The molecule has 1 unspecified atom stereocenters. The molecule has 0 aromatic heterocycles. The molecule has 5 heteroatoms. The summed E-state index contributed by atoms with van der Waals surface area (Å²) >= 11 is 0. The van der Waals surface area contributed by atoms with Gasteiger partial charge in [0.05, 0.1) is 18.2 Å². The van der Waals surface area contributed by atoms with Crippen LogP contribution >= 0.6 is 0 Å². The van der Waals surface area contributed by atoms with Crippen LogP contribution in [0.15, 0.2) is 78.4 Å². The average molecular weight is 442 g/mol. The predicted molar refractivity (Wildman–Crippen MR) is 129 cm³/mol. The molecule has 1 heterocycles. The first-order valence-corrected chi connectivity index (χ1v) is 11.1. The standard InChI is InChI=1S/C28H27NO4/c1-4-15-33-23-13-11-20(12-14-23)26(30)24-25(21-9-5-7-18(2)16-21)29(28(32)27(24)31)22-10-6-8-19(3)17-22/h5-14,16-17,25,30H,4,15H2,1-3H3/b26-24+. The van der Waals surface area contributed by atoms with E-state index in [1.807, 2.05) is 63.2 Å². The fourth-order valence-electron chi connectivity index (χ4n) is 4.12. The Morgan fingerprint density at radius 2 is 1.61 bits per heavy atom. The number of hydrogen-bond donors (Lipinski definition) is 1. The van der Waals surface area contributed by atoms with Crippen LogP contribution < -0.4 is 9.64 Å². The molecule has 33 heavy (non-hydrogen) atoms. The summed E-state index contributed by atoms with van der Waals surface area (Å²) in [4.78, 5) is 27.9. The highest BCUT2D eigenvalue weighted by molar-refractivity contribution is 6.51. The van der Waals surface area contributed by atoms with Gasteiger partial charge in [-0.15, -0.1) is 0 Å². The Balaban J connectivity index is 1.86. The summed E-state index contributed by atoms with van der Waals surface area (Å²) in [5.41, 5.74) is 3.89. The fraction of sp³-hybridized carbons (Fsp3) is 0.214. The predicted octanol–water partition coefficient (Wildman–Crippen LogP) is 5.72. The van der Waals surface area contributed by atoms with Crippen molar-refractivity contribution >= 4 is 23.1 Å². The maximum atomic E-state index is 13.2. The molecule has 1 N–H and O–H groups in total. The molecule has 0 aliphatic carbocycles. The number of nitrogens with zero attached hydrogens (tertiary/aromatic N) is 1. The zero-order valence-electron chi connectivity index (χ0n) is 19.0. The van der Waals surface area contributed by atoms with E-state index in [9.17, 15) is 14.7 Å². The van der Waals surface area contributed by atoms with Crippen LogP contribution in [0, 0.1) is 13.8 Å². The van der Waals surface area contributed by atoms with E-state index < -0.39 is 17.7 Å². The highest BCUT2D eigenvalue weighted by Gasteiger charge is 2.47. The van der Waals surface area contributed by atoms with Crippen molar-refractivity contribution in [1.29, 1.82) is 0 Å². The molecule has 1 aliphatic rings. The number of aliphatic hydroxyl groups excluding tert-OH is 1. The van der Waals surface area contributed by atoms with Gasteiger partial charge in [0.25, 0.3) is 11.7 Å². The normalized spacial score (nSPS) is 17.4. The van der Waals surface area contributed by atoms with Crippen LogP contribution in [-0.2, 0) is 9.59 Å². The number of ketones is 1. The highest BCUT2D eigenvalue weighted by Crippen LogP contribution is 2.42. The second kappa shape index (κ2) is 9.33. The molecule has 0 spiro atoms.